The Labute approximate surface area is 193 Å². The summed E-state index contributed by atoms with van der Waals surface area (Å²) in [7, 11) is 0. The Balaban J connectivity index is 1.26. The molecule has 2 aliphatic heterocycles. The number of hydrogen-bond acceptors (Lipinski definition) is 6. The molecule has 4 aromatic rings. The fraction of sp³-hybridized carbons (Fsp3) is 0.250. The van der Waals surface area contributed by atoms with E-state index in [0.29, 0.717) is 28.5 Å². The molecule has 33 heavy (non-hydrogen) atoms. The summed E-state index contributed by atoms with van der Waals surface area (Å²) in [5, 5.41) is 10.4. The molecule has 0 bridgehead atoms. The third-order valence-electron chi connectivity index (χ3n) is 5.97. The molecule has 0 saturated carbocycles. The van der Waals surface area contributed by atoms with Gasteiger partial charge in [-0.05, 0) is 29.3 Å². The Bertz CT molecular complexity index is 1330. The predicted octanol–water partition coefficient (Wildman–Crippen LogP) is 3.99. The number of nitrogens with one attached hydrogen (secondary N) is 1. The van der Waals surface area contributed by atoms with Gasteiger partial charge in [-0.25, -0.2) is 9.37 Å². The van der Waals surface area contributed by atoms with Crippen LogP contribution in [0, 0.1) is 5.82 Å². The number of benzene rings is 2. The van der Waals surface area contributed by atoms with Gasteiger partial charge in [-0.2, -0.15) is 4.98 Å². The molecule has 4 heterocycles. The second-order valence-electron chi connectivity index (χ2n) is 8.14. The fourth-order valence-corrected chi connectivity index (χ4v) is 4.59. The summed E-state index contributed by atoms with van der Waals surface area (Å²) in [6, 6.07) is 16.1. The van der Waals surface area contributed by atoms with Crippen LogP contribution in [0.25, 0.3) is 33.5 Å². The molecule has 0 spiro atoms. The smallest absolute Gasteiger partial charge is 0.296 e. The number of halogens is 2. The van der Waals surface area contributed by atoms with Crippen molar-refractivity contribution in [2.45, 2.75) is 24.4 Å². The molecule has 0 radical (unpaired) electrons. The van der Waals surface area contributed by atoms with Crippen molar-refractivity contribution in [3.05, 3.63) is 65.4 Å². The lowest BCUT2D eigenvalue weighted by molar-refractivity contribution is 0.00706. The number of pyridine rings is 1. The third kappa shape index (κ3) is 3.75. The van der Waals surface area contributed by atoms with Crippen LogP contribution in [-0.2, 0) is 9.47 Å². The van der Waals surface area contributed by atoms with Gasteiger partial charge >= 0.3 is 0 Å². The van der Waals surface area contributed by atoms with Gasteiger partial charge in [0.2, 0.25) is 0 Å². The summed E-state index contributed by atoms with van der Waals surface area (Å²) in [5.41, 5.74) is 4.18. The van der Waals surface area contributed by atoms with Crippen molar-refractivity contribution >= 4 is 22.8 Å². The Morgan fingerprint density at radius 2 is 1.76 bits per heavy atom. The molecule has 2 N–H and O–H groups in total. The quantitative estimate of drug-likeness (QED) is 0.471. The van der Waals surface area contributed by atoms with Crippen LogP contribution < -0.4 is 4.74 Å². The SMILES string of the molecule is O[C@@H]1CO[C@H]2[C@@H]1OC[C@H]2Oc1nc2nc(-c3ccc(-c4cccc(F)c4)cc3)c(Cl)cc2[nH]1. The highest BCUT2D eigenvalue weighted by molar-refractivity contribution is 6.33. The van der Waals surface area contributed by atoms with Crippen molar-refractivity contribution in [3.8, 4) is 28.4 Å². The molecule has 2 aliphatic rings. The van der Waals surface area contributed by atoms with Gasteiger partial charge in [-0.1, -0.05) is 48.0 Å². The van der Waals surface area contributed by atoms with Gasteiger partial charge in [0.15, 0.2) is 11.8 Å². The molecule has 0 amide bonds. The first-order valence-electron chi connectivity index (χ1n) is 10.6. The van der Waals surface area contributed by atoms with Crippen LogP contribution in [0.5, 0.6) is 6.01 Å². The van der Waals surface area contributed by atoms with Crippen LogP contribution in [0.15, 0.2) is 54.6 Å². The lowest BCUT2D eigenvalue weighted by atomic mass is 10.0. The molecule has 2 aromatic heterocycles. The number of aromatic amines is 1. The van der Waals surface area contributed by atoms with Crippen LogP contribution in [0.1, 0.15) is 0 Å². The number of hydrogen-bond donors (Lipinski definition) is 2. The van der Waals surface area contributed by atoms with Gasteiger partial charge in [0.1, 0.15) is 24.1 Å². The molecular weight excluding hydrogens is 449 g/mol. The predicted molar refractivity (Wildman–Crippen MR) is 120 cm³/mol. The van der Waals surface area contributed by atoms with Gasteiger partial charge in [-0.3, -0.25) is 0 Å². The second kappa shape index (κ2) is 8.07. The van der Waals surface area contributed by atoms with Crippen molar-refractivity contribution in [2.24, 2.45) is 0 Å². The second-order valence-corrected chi connectivity index (χ2v) is 8.55. The number of aliphatic hydroxyl groups excluding tert-OH is 1. The molecule has 6 rings (SSSR count). The van der Waals surface area contributed by atoms with Crippen LogP contribution in [0.3, 0.4) is 0 Å². The summed E-state index contributed by atoms with van der Waals surface area (Å²) < 4.78 is 30.7. The van der Waals surface area contributed by atoms with E-state index in [1.807, 2.05) is 30.3 Å². The largest absolute Gasteiger partial charge is 0.456 e. The zero-order valence-corrected chi connectivity index (χ0v) is 18.0. The van der Waals surface area contributed by atoms with Crippen LogP contribution in [0.2, 0.25) is 5.02 Å². The Kier molecular flexibility index (Phi) is 5.03. The molecule has 7 nitrogen and oxygen atoms in total. The molecule has 2 aromatic carbocycles. The summed E-state index contributed by atoms with van der Waals surface area (Å²) in [6.07, 6.45) is -1.74. The summed E-state index contributed by atoms with van der Waals surface area (Å²) in [4.78, 5) is 12.1. The minimum absolute atomic E-state index is 0.230. The molecular formula is C24H19ClFN3O4. The summed E-state index contributed by atoms with van der Waals surface area (Å²) in [6.45, 7) is 0.536. The van der Waals surface area contributed by atoms with Crippen molar-refractivity contribution < 1.29 is 23.7 Å². The van der Waals surface area contributed by atoms with Crippen molar-refractivity contribution in [1.29, 1.82) is 0 Å². The van der Waals surface area contributed by atoms with E-state index < -0.39 is 6.10 Å². The molecule has 0 aliphatic carbocycles. The maximum atomic E-state index is 13.5. The first-order valence-corrected chi connectivity index (χ1v) is 10.9. The Morgan fingerprint density at radius 3 is 2.58 bits per heavy atom. The van der Waals surface area contributed by atoms with Gasteiger partial charge in [0.05, 0.1) is 29.4 Å². The highest BCUT2D eigenvalue weighted by Crippen LogP contribution is 2.33. The van der Waals surface area contributed by atoms with E-state index in [-0.39, 0.29) is 36.7 Å². The van der Waals surface area contributed by atoms with Gasteiger partial charge < -0.3 is 24.3 Å². The molecule has 2 saturated heterocycles. The van der Waals surface area contributed by atoms with Crippen LogP contribution in [0.4, 0.5) is 4.39 Å². The first-order chi connectivity index (χ1) is 16.0. The number of ether oxygens (including phenoxy) is 3. The van der Waals surface area contributed by atoms with E-state index in [0.717, 1.165) is 16.7 Å². The minimum atomic E-state index is -0.644. The minimum Gasteiger partial charge on any atom is -0.456 e. The van der Waals surface area contributed by atoms with E-state index >= 15 is 0 Å². The van der Waals surface area contributed by atoms with E-state index in [2.05, 4.69) is 15.0 Å². The van der Waals surface area contributed by atoms with Crippen molar-refractivity contribution in [2.75, 3.05) is 13.2 Å². The average Bonchev–Trinajstić information content (AvgIpc) is 3.50. The topological polar surface area (TPSA) is 89.5 Å². The summed E-state index contributed by atoms with van der Waals surface area (Å²) in [5.74, 6) is -0.279. The van der Waals surface area contributed by atoms with E-state index in [1.165, 1.54) is 12.1 Å². The van der Waals surface area contributed by atoms with Crippen molar-refractivity contribution in [3.63, 3.8) is 0 Å². The van der Waals surface area contributed by atoms with E-state index in [4.69, 9.17) is 25.8 Å². The van der Waals surface area contributed by atoms with Gasteiger partial charge in [0.25, 0.3) is 6.01 Å². The summed E-state index contributed by atoms with van der Waals surface area (Å²) >= 11 is 6.52. The van der Waals surface area contributed by atoms with E-state index in [1.54, 1.807) is 12.1 Å². The fourth-order valence-electron chi connectivity index (χ4n) is 4.33. The zero-order valence-electron chi connectivity index (χ0n) is 17.2. The van der Waals surface area contributed by atoms with Crippen LogP contribution in [-0.4, -0.2) is 57.7 Å². The Morgan fingerprint density at radius 1 is 0.970 bits per heavy atom. The molecule has 168 valence electrons. The standard InChI is InChI=1S/C24H19ClFN3O4/c25-16-9-17-23(29-24(27-17)33-19-11-32-21-18(30)10-31-22(19)21)28-20(16)13-6-4-12(5-7-13)14-2-1-3-15(26)8-14/h1-9,18-19,21-22,30H,10-11H2,(H,27,28,29)/t18-,19-,21-,22-/m1/s1. The lowest BCUT2D eigenvalue weighted by Gasteiger charge is -2.15. The number of H-pyrrole nitrogens is 1. The Hall–Kier alpha value is -3.04. The monoisotopic (exact) mass is 467 g/mol. The number of rotatable bonds is 4. The molecule has 9 heteroatoms. The molecule has 2 fully saturated rings. The average molecular weight is 468 g/mol. The van der Waals surface area contributed by atoms with Crippen molar-refractivity contribution in [1.82, 2.24) is 15.0 Å². The molecule has 0 unspecified atom stereocenters. The van der Waals surface area contributed by atoms with Gasteiger partial charge in [-0.15, -0.1) is 0 Å². The number of nitrogens with zero attached hydrogens (tertiary/aromatic N) is 2. The van der Waals surface area contributed by atoms with Crippen LogP contribution >= 0.6 is 11.6 Å². The number of imidazole rings is 1. The van der Waals surface area contributed by atoms with E-state index in [9.17, 15) is 9.50 Å². The number of aromatic nitrogens is 3. The number of aliphatic hydroxyl groups is 1. The third-order valence-corrected chi connectivity index (χ3v) is 6.25. The van der Waals surface area contributed by atoms with Gasteiger partial charge in [0, 0.05) is 5.56 Å². The normalized spacial score (nSPS) is 24.3. The zero-order chi connectivity index (χ0) is 22.5. The lowest BCUT2D eigenvalue weighted by Crippen LogP contribution is -2.34. The highest BCUT2D eigenvalue weighted by Gasteiger charge is 2.48. The maximum Gasteiger partial charge on any atom is 0.296 e. The highest BCUT2D eigenvalue weighted by atomic mass is 35.5. The number of fused-ring (bicyclic) bond motifs is 2. The first kappa shape index (κ1) is 20.6. The maximum absolute atomic E-state index is 13.5. The molecule has 4 atom stereocenters.